The first-order chi connectivity index (χ1) is 8.34. The highest BCUT2D eigenvalue weighted by Gasteiger charge is 2.18. The summed E-state index contributed by atoms with van der Waals surface area (Å²) in [6, 6.07) is 0. The van der Waals surface area contributed by atoms with Crippen LogP contribution in [0, 0.1) is 0 Å². The molecule has 0 spiro atoms. The van der Waals surface area contributed by atoms with Crippen molar-refractivity contribution in [1.29, 1.82) is 0 Å². The number of nitrogens with zero attached hydrogens (tertiary/aromatic N) is 6. The molecular formula is C10H13N7. The Labute approximate surface area is 98.3 Å². The van der Waals surface area contributed by atoms with E-state index in [9.17, 15) is 0 Å². The highest BCUT2D eigenvalue weighted by atomic mass is 15.5. The molecule has 2 aromatic heterocycles. The second-order valence-electron chi connectivity index (χ2n) is 3.94. The summed E-state index contributed by atoms with van der Waals surface area (Å²) in [6.07, 6.45) is 7.18. The molecule has 1 aliphatic rings. The van der Waals surface area contributed by atoms with Crippen LogP contribution < -0.4 is 10.6 Å². The highest BCUT2D eigenvalue weighted by Crippen LogP contribution is 2.18. The average molecular weight is 231 g/mol. The van der Waals surface area contributed by atoms with Crippen molar-refractivity contribution in [2.24, 2.45) is 0 Å². The summed E-state index contributed by atoms with van der Waals surface area (Å²) in [4.78, 5) is 14.5. The van der Waals surface area contributed by atoms with Crippen molar-refractivity contribution in [2.45, 2.75) is 12.8 Å². The molecule has 2 aromatic rings. The lowest BCUT2D eigenvalue weighted by molar-refractivity contribution is 0.821. The van der Waals surface area contributed by atoms with E-state index in [0.717, 1.165) is 13.1 Å². The van der Waals surface area contributed by atoms with Gasteiger partial charge in [-0.1, -0.05) is 0 Å². The number of hydrogen-bond donors (Lipinski definition) is 1. The molecule has 0 amide bonds. The van der Waals surface area contributed by atoms with Gasteiger partial charge < -0.3 is 10.6 Å². The Morgan fingerprint density at radius 1 is 1.18 bits per heavy atom. The van der Waals surface area contributed by atoms with Crippen molar-refractivity contribution in [2.75, 3.05) is 23.7 Å². The van der Waals surface area contributed by atoms with Crippen molar-refractivity contribution in [3.8, 4) is 5.82 Å². The van der Waals surface area contributed by atoms with E-state index in [0.29, 0.717) is 17.7 Å². The molecule has 1 aliphatic heterocycles. The van der Waals surface area contributed by atoms with Crippen molar-refractivity contribution in [3.63, 3.8) is 0 Å². The molecule has 88 valence electrons. The summed E-state index contributed by atoms with van der Waals surface area (Å²) in [5.74, 6) is 1.60. The largest absolute Gasteiger partial charge is 0.368 e. The van der Waals surface area contributed by atoms with Gasteiger partial charge in [0.25, 0.3) is 0 Å². The molecule has 7 heteroatoms. The lowest BCUT2D eigenvalue weighted by atomic mass is 10.4. The minimum Gasteiger partial charge on any atom is -0.368 e. The molecule has 1 saturated heterocycles. The lowest BCUT2D eigenvalue weighted by Gasteiger charge is -2.10. The number of rotatable bonds is 2. The van der Waals surface area contributed by atoms with E-state index in [2.05, 4.69) is 25.0 Å². The predicted octanol–water partition coefficient (Wildman–Crippen LogP) is 0.240. The summed E-state index contributed by atoms with van der Waals surface area (Å²) in [5.41, 5.74) is 5.84. The quantitative estimate of drug-likeness (QED) is 0.796. The minimum absolute atomic E-state index is 0.340. The van der Waals surface area contributed by atoms with Crippen LogP contribution in [0.3, 0.4) is 0 Å². The minimum atomic E-state index is 0.340. The van der Waals surface area contributed by atoms with Gasteiger partial charge in [0, 0.05) is 25.5 Å². The number of anilines is 2. The Balaban J connectivity index is 1.96. The van der Waals surface area contributed by atoms with E-state index in [4.69, 9.17) is 5.73 Å². The van der Waals surface area contributed by atoms with Gasteiger partial charge in [-0.15, -0.1) is 5.10 Å². The van der Waals surface area contributed by atoms with Gasteiger partial charge in [0.1, 0.15) is 0 Å². The van der Waals surface area contributed by atoms with Gasteiger partial charge in [-0.3, -0.25) is 4.98 Å². The standard InChI is InChI=1S/C10H13N7/c11-9-14-10(16-5-1-2-6-16)15-17(9)8-7-12-3-4-13-8/h3-4,7H,1-2,5-6H2,(H2,11,14,15). The third-order valence-corrected chi connectivity index (χ3v) is 2.78. The maximum absolute atomic E-state index is 5.84. The van der Waals surface area contributed by atoms with Crippen LogP contribution in [-0.4, -0.2) is 37.8 Å². The van der Waals surface area contributed by atoms with Gasteiger partial charge in [0.2, 0.25) is 11.9 Å². The van der Waals surface area contributed by atoms with Crippen LogP contribution in [0.1, 0.15) is 12.8 Å². The van der Waals surface area contributed by atoms with Crippen molar-refractivity contribution in [3.05, 3.63) is 18.6 Å². The summed E-state index contributed by atoms with van der Waals surface area (Å²) in [7, 11) is 0. The van der Waals surface area contributed by atoms with E-state index in [-0.39, 0.29) is 0 Å². The molecule has 0 atom stereocenters. The van der Waals surface area contributed by atoms with Gasteiger partial charge in [0.05, 0.1) is 6.20 Å². The van der Waals surface area contributed by atoms with Gasteiger partial charge in [-0.2, -0.15) is 9.67 Å². The van der Waals surface area contributed by atoms with Crippen LogP contribution in [0.2, 0.25) is 0 Å². The second kappa shape index (κ2) is 4.00. The van der Waals surface area contributed by atoms with Crippen LogP contribution in [-0.2, 0) is 0 Å². The van der Waals surface area contributed by atoms with Gasteiger partial charge in [0.15, 0.2) is 5.82 Å². The molecular weight excluding hydrogens is 218 g/mol. The molecule has 0 unspecified atom stereocenters. The fourth-order valence-corrected chi connectivity index (χ4v) is 1.93. The van der Waals surface area contributed by atoms with Crippen molar-refractivity contribution < 1.29 is 0 Å². The number of hydrogen-bond acceptors (Lipinski definition) is 6. The fraction of sp³-hybridized carbons (Fsp3) is 0.400. The van der Waals surface area contributed by atoms with E-state index in [1.165, 1.54) is 17.5 Å². The summed E-state index contributed by atoms with van der Waals surface area (Å²) in [6.45, 7) is 1.98. The van der Waals surface area contributed by atoms with Crippen LogP contribution in [0.4, 0.5) is 11.9 Å². The van der Waals surface area contributed by atoms with E-state index >= 15 is 0 Å². The van der Waals surface area contributed by atoms with Gasteiger partial charge in [-0.05, 0) is 12.8 Å². The molecule has 0 aliphatic carbocycles. The Morgan fingerprint density at radius 2 is 2.00 bits per heavy atom. The molecule has 3 heterocycles. The van der Waals surface area contributed by atoms with Crippen LogP contribution in [0.5, 0.6) is 0 Å². The van der Waals surface area contributed by atoms with Gasteiger partial charge >= 0.3 is 0 Å². The van der Waals surface area contributed by atoms with E-state index < -0.39 is 0 Å². The zero-order valence-electron chi connectivity index (χ0n) is 9.32. The van der Waals surface area contributed by atoms with Crippen molar-refractivity contribution >= 4 is 11.9 Å². The molecule has 1 fully saturated rings. The maximum atomic E-state index is 5.84. The second-order valence-corrected chi connectivity index (χ2v) is 3.94. The first-order valence-corrected chi connectivity index (χ1v) is 5.58. The predicted molar refractivity (Wildman–Crippen MR) is 62.8 cm³/mol. The average Bonchev–Trinajstić information content (AvgIpc) is 2.99. The Hall–Kier alpha value is -2.18. The smallest absolute Gasteiger partial charge is 0.247 e. The van der Waals surface area contributed by atoms with Crippen molar-refractivity contribution in [1.82, 2.24) is 24.7 Å². The summed E-state index contributed by atoms with van der Waals surface area (Å²) >= 11 is 0. The maximum Gasteiger partial charge on any atom is 0.247 e. The Bertz CT molecular complexity index is 501. The van der Waals surface area contributed by atoms with E-state index in [1.54, 1.807) is 18.6 Å². The zero-order valence-corrected chi connectivity index (χ0v) is 9.32. The third-order valence-electron chi connectivity index (χ3n) is 2.78. The fourth-order valence-electron chi connectivity index (χ4n) is 1.93. The molecule has 0 saturated carbocycles. The molecule has 7 nitrogen and oxygen atoms in total. The third kappa shape index (κ3) is 1.79. The zero-order chi connectivity index (χ0) is 11.7. The first kappa shape index (κ1) is 10.0. The number of nitrogens with two attached hydrogens (primary N) is 1. The Morgan fingerprint density at radius 3 is 2.71 bits per heavy atom. The van der Waals surface area contributed by atoms with Crippen LogP contribution in [0.15, 0.2) is 18.6 Å². The topological polar surface area (TPSA) is 85.8 Å². The normalized spacial score (nSPS) is 15.4. The van der Waals surface area contributed by atoms with Crippen LogP contribution >= 0.6 is 0 Å². The summed E-state index contributed by atoms with van der Waals surface area (Å²) < 4.78 is 1.51. The van der Waals surface area contributed by atoms with Crippen LogP contribution in [0.25, 0.3) is 5.82 Å². The molecule has 0 aromatic carbocycles. The number of aromatic nitrogens is 5. The monoisotopic (exact) mass is 231 g/mol. The molecule has 2 N–H and O–H groups in total. The molecule has 17 heavy (non-hydrogen) atoms. The molecule has 0 bridgehead atoms. The molecule has 0 radical (unpaired) electrons. The Kier molecular flexibility index (Phi) is 2.36. The highest BCUT2D eigenvalue weighted by molar-refractivity contribution is 5.40. The SMILES string of the molecule is Nc1nc(N2CCCC2)nn1-c1cnccn1. The lowest BCUT2D eigenvalue weighted by Crippen LogP contribution is -2.19. The van der Waals surface area contributed by atoms with E-state index in [1.807, 2.05) is 0 Å². The van der Waals surface area contributed by atoms with Gasteiger partial charge in [-0.25, -0.2) is 4.98 Å². The number of nitrogen functional groups attached to an aromatic ring is 1. The summed E-state index contributed by atoms with van der Waals surface area (Å²) in [5, 5.41) is 4.37. The molecule has 3 rings (SSSR count). The first-order valence-electron chi connectivity index (χ1n) is 5.58.